The Labute approximate surface area is 120 Å². The fourth-order valence-corrected chi connectivity index (χ4v) is 2.41. The second kappa shape index (κ2) is 6.68. The van der Waals surface area contributed by atoms with Gasteiger partial charge in [-0.2, -0.15) is 5.10 Å². The van der Waals surface area contributed by atoms with Crippen molar-refractivity contribution in [3.63, 3.8) is 0 Å². The monoisotopic (exact) mass is 274 g/mol. The Kier molecular flexibility index (Phi) is 4.93. The van der Waals surface area contributed by atoms with Crippen LogP contribution in [0.15, 0.2) is 24.4 Å². The molecular formula is C16H24N3O+. The van der Waals surface area contributed by atoms with Crippen molar-refractivity contribution in [2.45, 2.75) is 27.3 Å². The Balaban J connectivity index is 2.25. The van der Waals surface area contributed by atoms with Crippen LogP contribution in [0, 0.1) is 13.8 Å². The maximum Gasteiger partial charge on any atom is 0.107 e. The van der Waals surface area contributed by atoms with Gasteiger partial charge in [0, 0.05) is 5.56 Å². The van der Waals surface area contributed by atoms with Crippen molar-refractivity contribution >= 4 is 0 Å². The second-order valence-electron chi connectivity index (χ2n) is 5.32. The molecule has 2 aromatic rings. The molecule has 1 heterocycles. The van der Waals surface area contributed by atoms with Crippen LogP contribution >= 0.6 is 0 Å². The SMILES string of the molecule is CC[NH+](CCO)Cc1cn[nH]c1-c1ccc(C)c(C)c1. The van der Waals surface area contributed by atoms with Crippen LogP contribution < -0.4 is 4.90 Å². The molecule has 1 unspecified atom stereocenters. The zero-order valence-electron chi connectivity index (χ0n) is 12.5. The summed E-state index contributed by atoms with van der Waals surface area (Å²) in [5, 5.41) is 16.4. The van der Waals surface area contributed by atoms with Crippen LogP contribution in [0.3, 0.4) is 0 Å². The lowest BCUT2D eigenvalue weighted by molar-refractivity contribution is -0.912. The van der Waals surface area contributed by atoms with Crippen LogP contribution in [0.2, 0.25) is 0 Å². The molecule has 3 N–H and O–H groups in total. The standard InChI is InChI=1S/C16H23N3O/c1-4-19(7-8-20)11-15-10-17-18-16(15)14-6-5-12(2)13(3)9-14/h5-6,9-10,20H,4,7-8,11H2,1-3H3,(H,17,18)/p+1. The average molecular weight is 274 g/mol. The van der Waals surface area contributed by atoms with Crippen LogP contribution in [0.1, 0.15) is 23.6 Å². The fraction of sp³-hybridized carbons (Fsp3) is 0.438. The number of hydrogen-bond donors (Lipinski definition) is 3. The van der Waals surface area contributed by atoms with Gasteiger partial charge in [-0.1, -0.05) is 12.1 Å². The van der Waals surface area contributed by atoms with Crippen molar-refractivity contribution in [1.82, 2.24) is 10.2 Å². The number of aryl methyl sites for hydroxylation is 2. The number of aliphatic hydroxyl groups excluding tert-OH is 1. The Morgan fingerprint density at radius 2 is 2.05 bits per heavy atom. The number of aromatic amines is 1. The Morgan fingerprint density at radius 1 is 1.25 bits per heavy atom. The molecule has 0 aliphatic heterocycles. The van der Waals surface area contributed by atoms with Crippen LogP contribution in [-0.4, -0.2) is 35.0 Å². The number of aromatic nitrogens is 2. The molecule has 0 aliphatic rings. The van der Waals surface area contributed by atoms with E-state index in [1.54, 1.807) is 0 Å². The maximum atomic E-state index is 9.11. The highest BCUT2D eigenvalue weighted by Gasteiger charge is 2.14. The summed E-state index contributed by atoms with van der Waals surface area (Å²) in [7, 11) is 0. The van der Waals surface area contributed by atoms with Gasteiger partial charge in [0.05, 0.1) is 30.6 Å². The normalized spacial score (nSPS) is 12.6. The first-order valence-corrected chi connectivity index (χ1v) is 7.20. The molecule has 0 saturated carbocycles. The highest BCUT2D eigenvalue weighted by molar-refractivity contribution is 5.63. The maximum absolute atomic E-state index is 9.11. The summed E-state index contributed by atoms with van der Waals surface area (Å²) in [5.41, 5.74) is 6.07. The molecule has 0 fully saturated rings. The molecule has 4 nitrogen and oxygen atoms in total. The van der Waals surface area contributed by atoms with Gasteiger partial charge >= 0.3 is 0 Å². The lowest BCUT2D eigenvalue weighted by atomic mass is 10.0. The van der Waals surface area contributed by atoms with Crippen molar-refractivity contribution < 1.29 is 10.0 Å². The Morgan fingerprint density at radius 3 is 2.70 bits per heavy atom. The second-order valence-corrected chi connectivity index (χ2v) is 5.32. The third-order valence-corrected chi connectivity index (χ3v) is 3.92. The molecule has 0 saturated heterocycles. The summed E-state index contributed by atoms with van der Waals surface area (Å²) in [6.07, 6.45) is 1.90. The number of aliphatic hydroxyl groups is 1. The minimum atomic E-state index is 0.222. The summed E-state index contributed by atoms with van der Waals surface area (Å²) in [4.78, 5) is 1.36. The highest BCUT2D eigenvalue weighted by Crippen LogP contribution is 2.23. The van der Waals surface area contributed by atoms with Gasteiger partial charge in [-0.25, -0.2) is 0 Å². The molecule has 4 heteroatoms. The minimum Gasteiger partial charge on any atom is -0.391 e. The van der Waals surface area contributed by atoms with Crippen molar-refractivity contribution in [3.8, 4) is 11.3 Å². The number of nitrogens with zero attached hydrogens (tertiary/aromatic N) is 1. The minimum absolute atomic E-state index is 0.222. The van der Waals surface area contributed by atoms with E-state index < -0.39 is 0 Å². The predicted molar refractivity (Wildman–Crippen MR) is 80.7 cm³/mol. The van der Waals surface area contributed by atoms with Crippen LogP contribution in [-0.2, 0) is 6.54 Å². The van der Waals surface area contributed by atoms with Crippen molar-refractivity contribution in [2.24, 2.45) is 0 Å². The largest absolute Gasteiger partial charge is 0.391 e. The quantitative estimate of drug-likeness (QED) is 0.738. The molecule has 1 aromatic heterocycles. The number of hydrogen-bond acceptors (Lipinski definition) is 2. The number of benzene rings is 1. The Hall–Kier alpha value is -1.65. The van der Waals surface area contributed by atoms with E-state index in [1.807, 2.05) is 6.20 Å². The lowest BCUT2D eigenvalue weighted by Gasteiger charge is -2.16. The van der Waals surface area contributed by atoms with Gasteiger partial charge < -0.3 is 10.0 Å². The van der Waals surface area contributed by atoms with Gasteiger partial charge in [0.25, 0.3) is 0 Å². The van der Waals surface area contributed by atoms with Gasteiger partial charge in [0.15, 0.2) is 0 Å². The summed E-state index contributed by atoms with van der Waals surface area (Å²) in [6.45, 7) is 9.27. The fourth-order valence-electron chi connectivity index (χ4n) is 2.41. The van der Waals surface area contributed by atoms with Crippen molar-refractivity contribution in [2.75, 3.05) is 19.7 Å². The van der Waals surface area contributed by atoms with Gasteiger partial charge in [0.1, 0.15) is 13.1 Å². The Bertz CT molecular complexity index is 563. The molecule has 0 aliphatic carbocycles. The molecule has 20 heavy (non-hydrogen) atoms. The third kappa shape index (κ3) is 3.26. The van der Waals surface area contributed by atoms with E-state index in [2.05, 4.69) is 49.2 Å². The molecule has 0 spiro atoms. The number of nitrogens with one attached hydrogen (secondary N) is 2. The predicted octanol–water partition coefficient (Wildman–Crippen LogP) is 1.09. The molecule has 0 bridgehead atoms. The molecule has 2 rings (SSSR count). The molecule has 1 atom stereocenters. The van der Waals surface area contributed by atoms with E-state index in [-0.39, 0.29) is 6.61 Å². The topological polar surface area (TPSA) is 53.4 Å². The average Bonchev–Trinajstić information content (AvgIpc) is 2.89. The van der Waals surface area contributed by atoms with E-state index in [4.69, 9.17) is 5.11 Å². The number of quaternary nitrogens is 1. The molecule has 0 radical (unpaired) electrons. The van der Waals surface area contributed by atoms with Crippen LogP contribution in [0.4, 0.5) is 0 Å². The summed E-state index contributed by atoms with van der Waals surface area (Å²) >= 11 is 0. The molecule has 108 valence electrons. The number of likely N-dealkylation sites (N-methyl/N-ethyl adjacent to an activating group) is 1. The first-order valence-electron chi connectivity index (χ1n) is 7.20. The van der Waals surface area contributed by atoms with E-state index >= 15 is 0 Å². The summed E-state index contributed by atoms with van der Waals surface area (Å²) < 4.78 is 0. The van der Waals surface area contributed by atoms with Crippen LogP contribution in [0.5, 0.6) is 0 Å². The molecule has 1 aromatic carbocycles. The van der Waals surface area contributed by atoms with Gasteiger partial charge in [-0.3, -0.25) is 5.10 Å². The lowest BCUT2D eigenvalue weighted by Crippen LogP contribution is -3.10. The van der Waals surface area contributed by atoms with Crippen LogP contribution in [0.25, 0.3) is 11.3 Å². The molecular weight excluding hydrogens is 250 g/mol. The van der Waals surface area contributed by atoms with Gasteiger partial charge in [-0.05, 0) is 38.0 Å². The zero-order valence-corrected chi connectivity index (χ0v) is 12.5. The number of rotatable bonds is 6. The third-order valence-electron chi connectivity index (χ3n) is 3.92. The van der Waals surface area contributed by atoms with E-state index in [9.17, 15) is 0 Å². The smallest absolute Gasteiger partial charge is 0.107 e. The molecule has 0 amide bonds. The summed E-state index contributed by atoms with van der Waals surface area (Å²) in [5.74, 6) is 0. The zero-order chi connectivity index (χ0) is 14.5. The van der Waals surface area contributed by atoms with E-state index in [0.717, 1.165) is 25.3 Å². The van der Waals surface area contributed by atoms with E-state index in [1.165, 1.54) is 27.2 Å². The van der Waals surface area contributed by atoms with Crippen molar-refractivity contribution in [1.29, 1.82) is 0 Å². The number of H-pyrrole nitrogens is 1. The van der Waals surface area contributed by atoms with Gasteiger partial charge in [0.2, 0.25) is 0 Å². The summed E-state index contributed by atoms with van der Waals surface area (Å²) in [6, 6.07) is 6.48. The van der Waals surface area contributed by atoms with E-state index in [0.29, 0.717) is 0 Å². The van der Waals surface area contributed by atoms with Gasteiger partial charge in [-0.15, -0.1) is 0 Å². The first kappa shape index (κ1) is 14.8. The van der Waals surface area contributed by atoms with Crippen molar-refractivity contribution in [3.05, 3.63) is 41.1 Å². The first-order chi connectivity index (χ1) is 9.65. The highest BCUT2D eigenvalue weighted by atomic mass is 16.3.